The Hall–Kier alpha value is -5.05. The van der Waals surface area contributed by atoms with Gasteiger partial charge in [0, 0.05) is 60.6 Å². The summed E-state index contributed by atoms with van der Waals surface area (Å²) in [5.74, 6) is 1.17. The van der Waals surface area contributed by atoms with Crippen LogP contribution in [-0.2, 0) is 16.1 Å². The quantitative estimate of drug-likeness (QED) is 0.149. The fourth-order valence-corrected chi connectivity index (χ4v) is 7.85. The van der Waals surface area contributed by atoms with E-state index >= 15 is 0 Å². The van der Waals surface area contributed by atoms with E-state index in [1.54, 1.807) is 31.1 Å². The third kappa shape index (κ3) is 8.35. The fourth-order valence-electron chi connectivity index (χ4n) is 7.01. The minimum absolute atomic E-state index is 0.0324. The fraction of sp³-hybridized carbons (Fsp3) is 0.400. The number of nitrogens with one attached hydrogen (secondary N) is 2. The van der Waals surface area contributed by atoms with Crippen LogP contribution >= 0.6 is 11.8 Å². The maximum Gasteiger partial charge on any atom is 0.241 e. The van der Waals surface area contributed by atoms with Crippen molar-refractivity contribution in [2.24, 2.45) is 0 Å². The van der Waals surface area contributed by atoms with Crippen LogP contribution in [0.3, 0.4) is 0 Å². The second kappa shape index (κ2) is 15.4. The number of carbonyl (C=O) groups excluding carboxylic acids is 2. The molecule has 13 nitrogen and oxygen atoms in total. The van der Waals surface area contributed by atoms with Crippen molar-refractivity contribution in [3.8, 4) is 28.5 Å². The second-order valence-electron chi connectivity index (χ2n) is 15.0. The molecule has 54 heavy (non-hydrogen) atoms. The zero-order valence-corrected chi connectivity index (χ0v) is 32.2. The first-order valence-electron chi connectivity index (χ1n) is 18.3. The number of pyridine rings is 1. The number of carbonyl (C=O) groups is 2. The molecule has 0 aliphatic carbocycles. The summed E-state index contributed by atoms with van der Waals surface area (Å²) < 4.78 is 6.66. The molecule has 5 aromatic rings. The minimum atomic E-state index is -0.872. The van der Waals surface area contributed by atoms with E-state index < -0.39 is 10.3 Å². The molecule has 2 aromatic carbocycles. The van der Waals surface area contributed by atoms with E-state index in [0.29, 0.717) is 56.5 Å². The number of thioether (sulfide) groups is 1. The summed E-state index contributed by atoms with van der Waals surface area (Å²) in [6, 6.07) is 17.6. The summed E-state index contributed by atoms with van der Waals surface area (Å²) in [5, 5.41) is 26.2. The van der Waals surface area contributed by atoms with Gasteiger partial charge in [0.1, 0.15) is 16.8 Å². The number of rotatable bonds is 12. The second-order valence-corrected chi connectivity index (χ2v) is 16.2. The topological polar surface area (TPSA) is 154 Å². The maximum absolute atomic E-state index is 13.9. The molecule has 0 bridgehead atoms. The first-order valence-corrected chi connectivity index (χ1v) is 19.5. The lowest BCUT2D eigenvalue weighted by Crippen LogP contribution is -2.45. The van der Waals surface area contributed by atoms with Gasteiger partial charge >= 0.3 is 0 Å². The van der Waals surface area contributed by atoms with Crippen molar-refractivity contribution in [2.75, 3.05) is 44.3 Å². The van der Waals surface area contributed by atoms with E-state index in [-0.39, 0.29) is 24.5 Å². The van der Waals surface area contributed by atoms with E-state index in [0.717, 1.165) is 39.7 Å². The number of likely N-dealkylation sites (tertiary alicyclic amines) is 1. The molecule has 1 saturated heterocycles. The van der Waals surface area contributed by atoms with Gasteiger partial charge in [-0.15, -0.1) is 11.8 Å². The molecular formula is C40H47N9O4S. The van der Waals surface area contributed by atoms with Crippen LogP contribution < -0.4 is 10.1 Å². The molecule has 0 saturated carbocycles. The standard InChI is InChI=1S/C40H47N9O4S/c1-26(2)53-34-13-10-30(21-41-34)36-32-20-31(11-12-33(32)44-45-36)43-38(51)40(54-5)16-19-47(24-40)22-35(50)48-17-14-28(15-18-48)27-6-8-29(9-7-27)37-42-25-49(46-37)23-39(3,4)52/h6-14,20-21,25-26,52H,15-19,22-24H2,1-5H3,(H,43,51)(H,44,45). The zero-order chi connectivity index (χ0) is 38.0. The van der Waals surface area contributed by atoms with Gasteiger partial charge < -0.3 is 20.1 Å². The molecule has 3 aromatic heterocycles. The highest BCUT2D eigenvalue weighted by Gasteiger charge is 2.44. The van der Waals surface area contributed by atoms with Crippen molar-refractivity contribution in [2.45, 2.75) is 63.5 Å². The Balaban J connectivity index is 0.936. The van der Waals surface area contributed by atoms with Crippen molar-refractivity contribution in [3.05, 3.63) is 78.8 Å². The van der Waals surface area contributed by atoms with Crippen molar-refractivity contribution >= 4 is 45.7 Å². The molecule has 1 atom stereocenters. The Morgan fingerprint density at radius 2 is 1.83 bits per heavy atom. The number of benzene rings is 2. The van der Waals surface area contributed by atoms with Crippen LogP contribution in [-0.4, -0.2) is 112 Å². The van der Waals surface area contributed by atoms with Crippen LogP contribution in [0.5, 0.6) is 5.88 Å². The number of nitrogens with zero attached hydrogens (tertiary/aromatic N) is 7. The third-order valence-corrected chi connectivity index (χ3v) is 11.1. The summed E-state index contributed by atoms with van der Waals surface area (Å²) in [6.45, 7) is 10.4. The number of aromatic amines is 1. The summed E-state index contributed by atoms with van der Waals surface area (Å²) >= 11 is 1.54. The van der Waals surface area contributed by atoms with Gasteiger partial charge in [0.2, 0.25) is 17.7 Å². The van der Waals surface area contributed by atoms with Gasteiger partial charge in [0.05, 0.1) is 30.3 Å². The van der Waals surface area contributed by atoms with Crippen LogP contribution in [0.2, 0.25) is 0 Å². The minimum Gasteiger partial charge on any atom is -0.475 e. The van der Waals surface area contributed by atoms with Gasteiger partial charge in [-0.2, -0.15) is 10.2 Å². The zero-order valence-electron chi connectivity index (χ0n) is 31.4. The van der Waals surface area contributed by atoms with Gasteiger partial charge in [-0.05, 0) is 82.2 Å². The summed E-state index contributed by atoms with van der Waals surface area (Å²) in [6.07, 6.45) is 8.92. The Morgan fingerprint density at radius 1 is 1.06 bits per heavy atom. The van der Waals surface area contributed by atoms with Crippen LogP contribution in [0.4, 0.5) is 5.69 Å². The number of ether oxygens (including phenoxy) is 1. The average molecular weight is 750 g/mol. The lowest BCUT2D eigenvalue weighted by atomic mass is 9.98. The molecule has 7 rings (SSSR count). The number of anilines is 1. The van der Waals surface area contributed by atoms with E-state index in [1.165, 1.54) is 17.3 Å². The molecular weight excluding hydrogens is 703 g/mol. The molecule has 14 heteroatoms. The third-order valence-electron chi connectivity index (χ3n) is 9.82. The van der Waals surface area contributed by atoms with Crippen LogP contribution in [0.25, 0.3) is 39.1 Å². The van der Waals surface area contributed by atoms with Gasteiger partial charge in [-0.3, -0.25) is 19.6 Å². The van der Waals surface area contributed by atoms with Gasteiger partial charge in [0.15, 0.2) is 5.82 Å². The van der Waals surface area contributed by atoms with E-state index in [9.17, 15) is 14.7 Å². The Labute approximate surface area is 319 Å². The van der Waals surface area contributed by atoms with Crippen LogP contribution in [0.1, 0.15) is 46.1 Å². The van der Waals surface area contributed by atoms with Crippen LogP contribution in [0, 0.1) is 0 Å². The normalized spacial score (nSPS) is 18.0. The Morgan fingerprint density at radius 3 is 2.52 bits per heavy atom. The molecule has 0 radical (unpaired) electrons. The molecule has 0 spiro atoms. The number of fused-ring (bicyclic) bond motifs is 1. The molecule has 2 aliphatic rings. The van der Waals surface area contributed by atoms with Gasteiger partial charge in [-0.25, -0.2) is 14.6 Å². The van der Waals surface area contributed by atoms with Crippen molar-refractivity contribution < 1.29 is 19.4 Å². The summed E-state index contributed by atoms with van der Waals surface area (Å²) in [5.41, 5.74) is 5.48. The van der Waals surface area contributed by atoms with Crippen molar-refractivity contribution in [1.82, 2.24) is 39.7 Å². The highest BCUT2D eigenvalue weighted by atomic mass is 32.2. The SMILES string of the molecule is CSC1(C(=O)Nc2ccc3[nH]nc(-c4ccc(OC(C)C)nc4)c3c2)CCN(CC(=O)N2CC=C(c3ccc(-c4ncn(CC(C)(C)O)n4)cc3)CC2)C1. The molecule has 2 aliphatic heterocycles. The first-order chi connectivity index (χ1) is 25.9. The van der Waals surface area contributed by atoms with E-state index in [2.05, 4.69) is 53.7 Å². The van der Waals surface area contributed by atoms with Crippen LogP contribution in [0.15, 0.2) is 73.2 Å². The molecule has 3 N–H and O–H groups in total. The van der Waals surface area contributed by atoms with Crippen molar-refractivity contribution in [1.29, 1.82) is 0 Å². The highest BCUT2D eigenvalue weighted by Crippen LogP contribution is 2.36. The molecule has 2 amide bonds. The molecule has 282 valence electrons. The number of hydrogen-bond donors (Lipinski definition) is 3. The predicted octanol–water partition coefficient (Wildman–Crippen LogP) is 5.50. The van der Waals surface area contributed by atoms with E-state index in [4.69, 9.17) is 4.74 Å². The smallest absolute Gasteiger partial charge is 0.241 e. The maximum atomic E-state index is 13.9. The molecule has 5 heterocycles. The summed E-state index contributed by atoms with van der Waals surface area (Å²) in [7, 11) is 0. The Bertz CT molecular complexity index is 2150. The largest absolute Gasteiger partial charge is 0.475 e. The monoisotopic (exact) mass is 749 g/mol. The lowest BCUT2D eigenvalue weighted by molar-refractivity contribution is -0.132. The van der Waals surface area contributed by atoms with Gasteiger partial charge in [-0.1, -0.05) is 30.3 Å². The number of aliphatic hydroxyl groups is 1. The number of aromatic nitrogens is 6. The Kier molecular flexibility index (Phi) is 10.6. The lowest BCUT2D eigenvalue weighted by Gasteiger charge is -2.29. The molecule has 1 fully saturated rings. The number of amides is 2. The van der Waals surface area contributed by atoms with Gasteiger partial charge in [0.25, 0.3) is 0 Å². The number of H-pyrrole nitrogens is 1. The highest BCUT2D eigenvalue weighted by molar-refractivity contribution is 8.00. The predicted molar refractivity (Wildman–Crippen MR) is 212 cm³/mol. The van der Waals surface area contributed by atoms with Crippen molar-refractivity contribution in [3.63, 3.8) is 0 Å². The molecule has 1 unspecified atom stereocenters. The average Bonchev–Trinajstić information content (AvgIpc) is 3.90. The first kappa shape index (κ1) is 37.3. The number of hydrogen-bond acceptors (Lipinski definition) is 10. The van der Waals surface area contributed by atoms with E-state index in [1.807, 2.05) is 67.5 Å². The summed E-state index contributed by atoms with van der Waals surface area (Å²) in [4.78, 5) is 40.1.